The van der Waals surface area contributed by atoms with Gasteiger partial charge in [-0.2, -0.15) is 13.2 Å². The molecule has 1 saturated heterocycles. The maximum atomic E-state index is 13.0. The molecule has 6 nitrogen and oxygen atoms in total. The van der Waals surface area contributed by atoms with Crippen LogP contribution in [0.25, 0.3) is 0 Å². The fourth-order valence-electron chi connectivity index (χ4n) is 4.53. The number of alkyl halides is 3. The number of aromatic nitrogens is 2. The van der Waals surface area contributed by atoms with Crippen molar-refractivity contribution in [2.24, 2.45) is 0 Å². The van der Waals surface area contributed by atoms with Gasteiger partial charge in [0.15, 0.2) is 0 Å². The molecule has 1 fully saturated rings. The molecule has 0 spiro atoms. The first-order valence-electron chi connectivity index (χ1n) is 11.4. The van der Waals surface area contributed by atoms with E-state index in [1.807, 2.05) is 18.2 Å². The summed E-state index contributed by atoms with van der Waals surface area (Å²) in [6.45, 7) is 2.52. The summed E-state index contributed by atoms with van der Waals surface area (Å²) in [5.41, 5.74) is 1.72. The van der Waals surface area contributed by atoms with Crippen LogP contribution in [-0.2, 0) is 23.9 Å². The number of carbonyl (C=O) groups is 1. The molecule has 35 heavy (non-hydrogen) atoms. The van der Waals surface area contributed by atoms with Gasteiger partial charge in [-0.3, -0.25) is 14.6 Å². The van der Waals surface area contributed by atoms with Crippen LogP contribution in [-0.4, -0.2) is 32.0 Å². The first-order chi connectivity index (χ1) is 16.6. The van der Waals surface area contributed by atoms with Crippen LogP contribution in [0.3, 0.4) is 0 Å². The highest BCUT2D eigenvalue weighted by Crippen LogP contribution is 2.32. The third-order valence-electron chi connectivity index (χ3n) is 6.28. The van der Waals surface area contributed by atoms with Gasteiger partial charge in [0.05, 0.1) is 17.3 Å². The third kappa shape index (κ3) is 5.72. The van der Waals surface area contributed by atoms with E-state index >= 15 is 0 Å². The van der Waals surface area contributed by atoms with Crippen molar-refractivity contribution in [2.75, 3.05) is 6.54 Å². The van der Waals surface area contributed by atoms with E-state index in [1.165, 1.54) is 22.8 Å². The van der Waals surface area contributed by atoms with E-state index in [0.717, 1.165) is 42.3 Å². The second-order valence-electron chi connectivity index (χ2n) is 8.77. The SMILES string of the molecule is Cc1cc(O)cc(=O)n1CCC(=O)N1CCC[C@H]1c1cccc(Cc2ccc(C(F)(F)F)cc2)n1. The van der Waals surface area contributed by atoms with Crippen LogP contribution >= 0.6 is 0 Å². The van der Waals surface area contributed by atoms with Crippen LogP contribution in [0, 0.1) is 6.92 Å². The van der Waals surface area contributed by atoms with E-state index in [9.17, 15) is 27.9 Å². The average molecular weight is 486 g/mol. The molecule has 1 amide bonds. The molecule has 4 rings (SSSR count). The molecule has 184 valence electrons. The van der Waals surface area contributed by atoms with Gasteiger partial charge >= 0.3 is 6.18 Å². The van der Waals surface area contributed by atoms with Gasteiger partial charge in [0.1, 0.15) is 5.75 Å². The molecule has 0 unspecified atom stereocenters. The second kappa shape index (κ2) is 9.93. The lowest BCUT2D eigenvalue weighted by atomic mass is 10.1. The highest BCUT2D eigenvalue weighted by molar-refractivity contribution is 5.77. The highest BCUT2D eigenvalue weighted by Gasteiger charge is 2.31. The summed E-state index contributed by atoms with van der Waals surface area (Å²) in [5.74, 6) is -0.182. The summed E-state index contributed by atoms with van der Waals surface area (Å²) < 4.78 is 39.9. The lowest BCUT2D eigenvalue weighted by Crippen LogP contribution is -2.33. The van der Waals surface area contributed by atoms with Crippen LogP contribution < -0.4 is 5.56 Å². The van der Waals surface area contributed by atoms with Crippen LogP contribution in [0.15, 0.2) is 59.4 Å². The smallest absolute Gasteiger partial charge is 0.416 e. The Hall–Kier alpha value is -3.62. The number of halogens is 3. The van der Waals surface area contributed by atoms with Gasteiger partial charge in [-0.1, -0.05) is 18.2 Å². The van der Waals surface area contributed by atoms with Crippen LogP contribution in [0.4, 0.5) is 13.2 Å². The number of aryl methyl sites for hydroxylation is 1. The Labute approximate surface area is 200 Å². The topological polar surface area (TPSA) is 75.4 Å². The molecule has 1 aromatic carbocycles. The zero-order valence-electron chi connectivity index (χ0n) is 19.3. The Morgan fingerprint density at radius 2 is 1.89 bits per heavy atom. The summed E-state index contributed by atoms with van der Waals surface area (Å²) in [5, 5.41) is 9.55. The van der Waals surface area contributed by atoms with Crippen molar-refractivity contribution in [2.45, 2.75) is 51.4 Å². The van der Waals surface area contributed by atoms with Gasteiger partial charge in [-0.05, 0) is 55.7 Å². The molecule has 9 heteroatoms. The number of carbonyl (C=O) groups excluding carboxylic acids is 1. The number of hydrogen-bond donors (Lipinski definition) is 1. The Bertz CT molecular complexity index is 1270. The number of aromatic hydroxyl groups is 1. The lowest BCUT2D eigenvalue weighted by Gasteiger charge is -2.25. The predicted molar refractivity (Wildman–Crippen MR) is 124 cm³/mol. The van der Waals surface area contributed by atoms with E-state index in [0.29, 0.717) is 24.4 Å². The number of pyridine rings is 2. The van der Waals surface area contributed by atoms with Crippen molar-refractivity contribution in [1.29, 1.82) is 0 Å². The molecule has 0 radical (unpaired) electrons. The molecule has 1 aliphatic heterocycles. The Kier molecular flexibility index (Phi) is 6.95. The molecule has 3 aromatic rings. The summed E-state index contributed by atoms with van der Waals surface area (Å²) in [6, 6.07) is 13.0. The fraction of sp³-hybridized carbons (Fsp3) is 0.346. The minimum Gasteiger partial charge on any atom is -0.508 e. The van der Waals surface area contributed by atoms with E-state index in [4.69, 9.17) is 4.98 Å². The molecule has 1 aliphatic rings. The summed E-state index contributed by atoms with van der Waals surface area (Å²) in [7, 11) is 0. The van der Waals surface area contributed by atoms with E-state index in [-0.39, 0.29) is 36.2 Å². The van der Waals surface area contributed by atoms with Gasteiger partial charge in [0.2, 0.25) is 5.91 Å². The van der Waals surface area contributed by atoms with Crippen molar-refractivity contribution in [3.05, 3.63) is 93.2 Å². The van der Waals surface area contributed by atoms with Gasteiger partial charge in [-0.25, -0.2) is 0 Å². The first kappa shape index (κ1) is 24.5. The maximum Gasteiger partial charge on any atom is 0.416 e. The molecular formula is C26H26F3N3O3. The minimum atomic E-state index is -4.37. The van der Waals surface area contributed by atoms with Crippen molar-refractivity contribution in [3.8, 4) is 5.75 Å². The molecule has 0 aliphatic carbocycles. The number of nitrogens with zero attached hydrogens (tertiary/aromatic N) is 3. The van der Waals surface area contributed by atoms with Crippen molar-refractivity contribution in [3.63, 3.8) is 0 Å². The average Bonchev–Trinajstić information content (AvgIpc) is 3.28. The molecule has 0 bridgehead atoms. The molecule has 1 atom stereocenters. The Morgan fingerprint density at radius 3 is 2.57 bits per heavy atom. The monoisotopic (exact) mass is 485 g/mol. The zero-order valence-corrected chi connectivity index (χ0v) is 19.3. The van der Waals surface area contributed by atoms with E-state index in [2.05, 4.69) is 0 Å². The molecule has 1 N–H and O–H groups in total. The number of amides is 1. The summed E-state index contributed by atoms with van der Waals surface area (Å²) >= 11 is 0. The zero-order chi connectivity index (χ0) is 25.2. The molecular weight excluding hydrogens is 459 g/mol. The predicted octanol–water partition coefficient (Wildman–Crippen LogP) is 4.62. The van der Waals surface area contributed by atoms with Gasteiger partial charge in [0, 0.05) is 43.4 Å². The normalized spacial score (nSPS) is 16.0. The maximum absolute atomic E-state index is 13.0. The minimum absolute atomic E-state index is 0.0817. The quantitative estimate of drug-likeness (QED) is 0.553. The number of rotatable bonds is 6. The van der Waals surface area contributed by atoms with Crippen LogP contribution in [0.1, 0.15) is 53.5 Å². The van der Waals surface area contributed by atoms with E-state index < -0.39 is 11.7 Å². The number of hydrogen-bond acceptors (Lipinski definition) is 4. The molecule has 3 heterocycles. The van der Waals surface area contributed by atoms with Gasteiger partial charge < -0.3 is 14.6 Å². The summed E-state index contributed by atoms with van der Waals surface area (Å²) in [6.07, 6.45) is -2.24. The molecule has 0 saturated carbocycles. The van der Waals surface area contributed by atoms with Crippen LogP contribution in [0.5, 0.6) is 5.75 Å². The van der Waals surface area contributed by atoms with Crippen molar-refractivity contribution in [1.82, 2.24) is 14.5 Å². The Balaban J connectivity index is 1.44. The van der Waals surface area contributed by atoms with E-state index in [1.54, 1.807) is 11.8 Å². The standard InChI is InChI=1S/C26H26F3N3O3/c1-17-14-21(33)16-25(35)31(17)13-11-24(34)32-12-3-6-23(32)22-5-2-4-20(30-22)15-18-7-9-19(10-8-18)26(27,28)29/h2,4-5,7-10,14,16,23,33H,3,6,11-13,15H2,1H3/t23-/m0/s1. The van der Waals surface area contributed by atoms with Gasteiger partial charge in [-0.15, -0.1) is 0 Å². The van der Waals surface area contributed by atoms with Gasteiger partial charge in [0.25, 0.3) is 5.56 Å². The van der Waals surface area contributed by atoms with Crippen molar-refractivity contribution >= 4 is 5.91 Å². The number of likely N-dealkylation sites (tertiary alicyclic amines) is 1. The first-order valence-corrected chi connectivity index (χ1v) is 11.4. The third-order valence-corrected chi connectivity index (χ3v) is 6.28. The highest BCUT2D eigenvalue weighted by atomic mass is 19.4. The largest absolute Gasteiger partial charge is 0.508 e. The summed E-state index contributed by atoms with van der Waals surface area (Å²) in [4.78, 5) is 31.7. The fourth-order valence-corrected chi connectivity index (χ4v) is 4.53. The lowest BCUT2D eigenvalue weighted by molar-refractivity contribution is -0.137. The Morgan fingerprint density at radius 1 is 1.14 bits per heavy atom. The van der Waals surface area contributed by atoms with Crippen LogP contribution in [0.2, 0.25) is 0 Å². The molecule has 2 aromatic heterocycles. The second-order valence-corrected chi connectivity index (χ2v) is 8.77. The van der Waals surface area contributed by atoms with Crippen molar-refractivity contribution < 1.29 is 23.1 Å². The number of benzene rings is 1.